The Bertz CT molecular complexity index is 701. The lowest BCUT2D eigenvalue weighted by Crippen LogP contribution is -2.34. The highest BCUT2D eigenvalue weighted by atomic mass is 35.5. The van der Waals surface area contributed by atoms with E-state index in [1.807, 2.05) is 42.5 Å². The van der Waals surface area contributed by atoms with Gasteiger partial charge in [-0.3, -0.25) is 14.7 Å². The monoisotopic (exact) mass is 344 g/mol. The fraction of sp³-hybridized carbons (Fsp3) is 0.222. The Hall–Kier alpha value is -1.78. The smallest absolute Gasteiger partial charge is 0.233 e. The normalized spacial score (nSPS) is 14.0. The minimum atomic E-state index is 0.0872. The molecule has 118 valence electrons. The Labute approximate surface area is 145 Å². The molecule has 2 aromatic carbocycles. The summed E-state index contributed by atoms with van der Waals surface area (Å²) in [7, 11) is 0. The predicted octanol–water partition coefficient (Wildman–Crippen LogP) is 4.01. The van der Waals surface area contributed by atoms with Crippen molar-refractivity contribution in [2.45, 2.75) is 12.2 Å². The molecule has 0 saturated heterocycles. The third-order valence-electron chi connectivity index (χ3n) is 3.58. The zero-order valence-electron chi connectivity index (χ0n) is 12.6. The summed E-state index contributed by atoms with van der Waals surface area (Å²) >= 11 is 7.50. The zero-order chi connectivity index (χ0) is 16.1. The van der Waals surface area contributed by atoms with Gasteiger partial charge in [0, 0.05) is 17.3 Å². The van der Waals surface area contributed by atoms with Gasteiger partial charge in [0.2, 0.25) is 5.91 Å². The molecule has 1 amide bonds. The molecule has 0 saturated carbocycles. The number of amides is 1. The lowest BCUT2D eigenvalue weighted by atomic mass is 10.1. The number of rotatable bonds is 4. The minimum Gasteiger partial charge on any atom is -0.289 e. The average molecular weight is 345 g/mol. The lowest BCUT2D eigenvalue weighted by molar-refractivity contribution is -0.126. The Kier molecular flexibility index (Phi) is 5.36. The van der Waals surface area contributed by atoms with Crippen molar-refractivity contribution in [3.05, 3.63) is 70.7 Å². The number of benzene rings is 2. The molecule has 0 N–H and O–H groups in total. The first-order chi connectivity index (χ1) is 11.2. The van der Waals surface area contributed by atoms with Gasteiger partial charge in [-0.2, -0.15) is 0 Å². The van der Waals surface area contributed by atoms with Crippen LogP contribution in [0, 0.1) is 0 Å². The van der Waals surface area contributed by atoms with Gasteiger partial charge in [0.15, 0.2) is 5.17 Å². The molecule has 0 atom stereocenters. The molecule has 0 aromatic heterocycles. The van der Waals surface area contributed by atoms with E-state index in [-0.39, 0.29) is 5.91 Å². The summed E-state index contributed by atoms with van der Waals surface area (Å²) < 4.78 is 0. The van der Waals surface area contributed by atoms with Crippen molar-refractivity contribution in [1.82, 2.24) is 4.90 Å². The van der Waals surface area contributed by atoms with Gasteiger partial charge in [0.25, 0.3) is 0 Å². The van der Waals surface area contributed by atoms with Gasteiger partial charge in [0.1, 0.15) is 0 Å². The number of hydrogen-bond donors (Lipinski definition) is 0. The summed E-state index contributed by atoms with van der Waals surface area (Å²) in [5, 5.41) is 1.51. The van der Waals surface area contributed by atoms with Crippen LogP contribution in [0.1, 0.15) is 11.1 Å². The standard InChI is InChI=1S/C18H17ClN2OS/c19-16-8-6-14(7-9-16)12-17(22)21-11-10-20-18(21)23-13-15-4-2-1-3-5-15/h1-9H,10-13H2. The van der Waals surface area contributed by atoms with Crippen molar-refractivity contribution >= 4 is 34.4 Å². The number of carbonyl (C=O) groups excluding carboxylic acids is 1. The van der Waals surface area contributed by atoms with Gasteiger partial charge in [-0.15, -0.1) is 0 Å². The third-order valence-corrected chi connectivity index (χ3v) is 4.92. The van der Waals surface area contributed by atoms with Gasteiger partial charge >= 0.3 is 0 Å². The van der Waals surface area contributed by atoms with Gasteiger partial charge in [0.05, 0.1) is 13.0 Å². The Balaban J connectivity index is 1.59. The molecule has 0 radical (unpaired) electrons. The number of thioether (sulfide) groups is 1. The summed E-state index contributed by atoms with van der Waals surface area (Å²) in [6.45, 7) is 1.35. The minimum absolute atomic E-state index is 0.0872. The van der Waals surface area contributed by atoms with E-state index < -0.39 is 0 Å². The van der Waals surface area contributed by atoms with E-state index in [1.54, 1.807) is 16.7 Å². The first-order valence-electron chi connectivity index (χ1n) is 7.48. The number of carbonyl (C=O) groups is 1. The topological polar surface area (TPSA) is 32.7 Å². The maximum atomic E-state index is 12.5. The predicted molar refractivity (Wildman–Crippen MR) is 96.9 cm³/mol. The molecule has 1 aliphatic heterocycles. The van der Waals surface area contributed by atoms with Crippen LogP contribution < -0.4 is 0 Å². The second-order valence-electron chi connectivity index (χ2n) is 5.29. The van der Waals surface area contributed by atoms with Gasteiger partial charge in [-0.1, -0.05) is 65.8 Å². The van der Waals surface area contributed by atoms with Gasteiger partial charge in [-0.25, -0.2) is 0 Å². The fourth-order valence-corrected chi connectivity index (χ4v) is 3.52. The van der Waals surface area contributed by atoms with Crippen LogP contribution >= 0.6 is 23.4 Å². The first kappa shape index (κ1) is 16.1. The van der Waals surface area contributed by atoms with Crippen LogP contribution in [0.3, 0.4) is 0 Å². The number of amidine groups is 1. The van der Waals surface area contributed by atoms with Crippen molar-refractivity contribution in [3.63, 3.8) is 0 Å². The van der Waals surface area contributed by atoms with Crippen LogP contribution in [0.15, 0.2) is 59.6 Å². The number of nitrogens with zero attached hydrogens (tertiary/aromatic N) is 2. The molecule has 3 rings (SSSR count). The molecule has 3 nitrogen and oxygen atoms in total. The van der Waals surface area contributed by atoms with Crippen LogP contribution in [-0.4, -0.2) is 29.1 Å². The number of hydrogen-bond acceptors (Lipinski definition) is 3. The maximum Gasteiger partial charge on any atom is 0.233 e. The van der Waals surface area contributed by atoms with E-state index >= 15 is 0 Å². The molecule has 0 spiro atoms. The SMILES string of the molecule is O=C(Cc1ccc(Cl)cc1)N1CCN=C1SCc1ccccc1. The maximum absolute atomic E-state index is 12.5. The third kappa shape index (κ3) is 4.36. The summed E-state index contributed by atoms with van der Waals surface area (Å²) in [6, 6.07) is 17.6. The Morgan fingerprint density at radius 1 is 1.09 bits per heavy atom. The molecule has 23 heavy (non-hydrogen) atoms. The van der Waals surface area contributed by atoms with E-state index in [2.05, 4.69) is 17.1 Å². The highest BCUT2D eigenvalue weighted by Crippen LogP contribution is 2.20. The second kappa shape index (κ2) is 7.66. The van der Waals surface area contributed by atoms with Crippen LogP contribution in [0.25, 0.3) is 0 Å². The molecule has 0 bridgehead atoms. The number of aliphatic imine (C=N–C) groups is 1. The molecule has 0 fully saturated rings. The molecule has 0 unspecified atom stereocenters. The van der Waals surface area contributed by atoms with Crippen molar-refractivity contribution in [2.24, 2.45) is 4.99 Å². The molecule has 1 heterocycles. The van der Waals surface area contributed by atoms with Crippen LogP contribution in [0.5, 0.6) is 0 Å². The van der Waals surface area contributed by atoms with Crippen LogP contribution in [0.4, 0.5) is 0 Å². The Morgan fingerprint density at radius 3 is 2.57 bits per heavy atom. The van der Waals surface area contributed by atoms with E-state index in [0.717, 1.165) is 16.5 Å². The number of halogens is 1. The lowest BCUT2D eigenvalue weighted by Gasteiger charge is -2.18. The van der Waals surface area contributed by atoms with Gasteiger partial charge < -0.3 is 0 Å². The molecular weight excluding hydrogens is 328 g/mol. The van der Waals surface area contributed by atoms with E-state index in [4.69, 9.17) is 11.6 Å². The quantitative estimate of drug-likeness (QED) is 0.839. The molecular formula is C18H17ClN2OS. The largest absolute Gasteiger partial charge is 0.289 e. The van der Waals surface area contributed by atoms with Crippen LogP contribution in [0.2, 0.25) is 5.02 Å². The summed E-state index contributed by atoms with van der Waals surface area (Å²) in [5.41, 5.74) is 2.20. The van der Waals surface area contributed by atoms with Crippen molar-refractivity contribution in [2.75, 3.05) is 13.1 Å². The van der Waals surface area contributed by atoms with E-state index in [9.17, 15) is 4.79 Å². The van der Waals surface area contributed by atoms with Crippen LogP contribution in [-0.2, 0) is 17.0 Å². The van der Waals surface area contributed by atoms with E-state index in [1.165, 1.54) is 5.56 Å². The van der Waals surface area contributed by atoms with Crippen molar-refractivity contribution in [1.29, 1.82) is 0 Å². The molecule has 2 aromatic rings. The zero-order valence-corrected chi connectivity index (χ0v) is 14.2. The van der Waals surface area contributed by atoms with E-state index in [0.29, 0.717) is 24.5 Å². The summed E-state index contributed by atoms with van der Waals surface area (Å²) in [4.78, 5) is 18.8. The highest BCUT2D eigenvalue weighted by molar-refractivity contribution is 8.13. The molecule has 0 aliphatic carbocycles. The fourth-order valence-electron chi connectivity index (χ4n) is 2.38. The molecule has 5 heteroatoms. The first-order valence-corrected chi connectivity index (χ1v) is 8.85. The average Bonchev–Trinajstić information content (AvgIpc) is 3.05. The van der Waals surface area contributed by atoms with Crippen molar-refractivity contribution in [3.8, 4) is 0 Å². The summed E-state index contributed by atoms with van der Waals surface area (Å²) in [6.07, 6.45) is 0.377. The molecule has 1 aliphatic rings. The summed E-state index contributed by atoms with van der Waals surface area (Å²) in [5.74, 6) is 0.911. The van der Waals surface area contributed by atoms with Gasteiger partial charge in [-0.05, 0) is 23.3 Å². The van der Waals surface area contributed by atoms with Crippen molar-refractivity contribution < 1.29 is 4.79 Å². The second-order valence-corrected chi connectivity index (χ2v) is 6.67. The highest BCUT2D eigenvalue weighted by Gasteiger charge is 2.23. The Morgan fingerprint density at radius 2 is 1.83 bits per heavy atom.